The van der Waals surface area contributed by atoms with Crippen LogP contribution >= 0.6 is 11.3 Å². The molecule has 1 aliphatic rings. The third-order valence-corrected chi connectivity index (χ3v) is 4.20. The van der Waals surface area contributed by atoms with Gasteiger partial charge in [-0.2, -0.15) is 0 Å². The lowest BCUT2D eigenvalue weighted by atomic mass is 9.98. The van der Waals surface area contributed by atoms with E-state index in [0.29, 0.717) is 12.1 Å². The van der Waals surface area contributed by atoms with Crippen molar-refractivity contribution in [3.8, 4) is 0 Å². The molecule has 0 amide bonds. The largest absolute Gasteiger partial charge is 0.370 e. The van der Waals surface area contributed by atoms with Crippen molar-refractivity contribution in [1.82, 2.24) is 9.66 Å². The van der Waals surface area contributed by atoms with Crippen molar-refractivity contribution in [1.29, 1.82) is 5.41 Å². The molecule has 0 aromatic carbocycles. The summed E-state index contributed by atoms with van der Waals surface area (Å²) in [5, 5.41) is 8.83. The van der Waals surface area contributed by atoms with E-state index in [0.717, 1.165) is 22.2 Å². The normalized spacial score (nSPS) is 18.2. The molecule has 0 radical (unpaired) electrons. The molecule has 0 saturated carbocycles. The maximum absolute atomic E-state index is 7.99. The molecule has 2 aromatic rings. The van der Waals surface area contributed by atoms with E-state index < -0.39 is 0 Å². The maximum atomic E-state index is 7.99. The van der Waals surface area contributed by atoms with Crippen LogP contribution in [-0.2, 0) is 17.8 Å². The molecular formula is C11H14N4OS. The number of nitrogens with two attached hydrogens (primary N) is 1. The van der Waals surface area contributed by atoms with Gasteiger partial charge in [0, 0.05) is 16.9 Å². The number of nitrogens with zero attached hydrogens (tertiary/aromatic N) is 2. The van der Waals surface area contributed by atoms with Gasteiger partial charge < -0.3 is 10.6 Å². The van der Waals surface area contributed by atoms with Crippen LogP contribution in [-0.4, -0.2) is 15.3 Å². The number of ether oxygens (including phenoxy) is 1. The molecule has 0 unspecified atom stereocenters. The molecular weight excluding hydrogens is 236 g/mol. The number of aromatic nitrogens is 2. The zero-order valence-electron chi connectivity index (χ0n) is 9.78. The monoisotopic (exact) mass is 250 g/mol. The van der Waals surface area contributed by atoms with Gasteiger partial charge in [0.05, 0.1) is 17.6 Å². The summed E-state index contributed by atoms with van der Waals surface area (Å²) in [6, 6.07) is 0. The minimum Gasteiger partial charge on any atom is -0.370 e. The first kappa shape index (κ1) is 10.7. The molecule has 0 atom stereocenters. The lowest BCUT2D eigenvalue weighted by Crippen LogP contribution is -2.32. The summed E-state index contributed by atoms with van der Waals surface area (Å²) in [4.78, 5) is 6.42. The van der Waals surface area contributed by atoms with E-state index in [9.17, 15) is 0 Å². The highest BCUT2D eigenvalue weighted by Crippen LogP contribution is 2.36. The van der Waals surface area contributed by atoms with Crippen molar-refractivity contribution in [2.45, 2.75) is 32.5 Å². The Morgan fingerprint density at radius 3 is 3.12 bits per heavy atom. The molecule has 6 heteroatoms. The third-order valence-electron chi connectivity index (χ3n) is 3.06. The third kappa shape index (κ3) is 1.56. The Kier molecular flexibility index (Phi) is 2.08. The second kappa shape index (κ2) is 3.30. The van der Waals surface area contributed by atoms with Gasteiger partial charge in [0.2, 0.25) is 0 Å². The van der Waals surface area contributed by atoms with Crippen molar-refractivity contribution < 1.29 is 4.74 Å². The van der Waals surface area contributed by atoms with E-state index >= 15 is 0 Å². The fourth-order valence-electron chi connectivity index (χ4n) is 2.14. The van der Waals surface area contributed by atoms with Crippen LogP contribution in [0.15, 0.2) is 6.33 Å². The molecule has 3 N–H and O–H groups in total. The molecule has 0 bridgehead atoms. The van der Waals surface area contributed by atoms with Gasteiger partial charge in [-0.05, 0) is 13.8 Å². The van der Waals surface area contributed by atoms with Crippen LogP contribution in [0, 0.1) is 5.41 Å². The Morgan fingerprint density at radius 2 is 2.35 bits per heavy atom. The Balaban J connectivity index is 2.31. The first-order valence-electron chi connectivity index (χ1n) is 5.43. The van der Waals surface area contributed by atoms with E-state index in [2.05, 4.69) is 18.8 Å². The average Bonchev–Trinajstić information content (AvgIpc) is 2.60. The van der Waals surface area contributed by atoms with Crippen molar-refractivity contribution in [2.75, 3.05) is 5.84 Å². The van der Waals surface area contributed by atoms with Gasteiger partial charge in [-0.25, -0.2) is 9.66 Å². The Labute approximate surface area is 102 Å². The van der Waals surface area contributed by atoms with Crippen molar-refractivity contribution in [3.63, 3.8) is 0 Å². The van der Waals surface area contributed by atoms with E-state index in [4.69, 9.17) is 16.0 Å². The van der Waals surface area contributed by atoms with E-state index in [-0.39, 0.29) is 5.60 Å². The zero-order valence-corrected chi connectivity index (χ0v) is 10.6. The van der Waals surface area contributed by atoms with Gasteiger partial charge in [0.1, 0.15) is 11.2 Å². The first-order valence-corrected chi connectivity index (χ1v) is 6.25. The fourth-order valence-corrected chi connectivity index (χ4v) is 3.49. The highest BCUT2D eigenvalue weighted by molar-refractivity contribution is 7.18. The van der Waals surface area contributed by atoms with Gasteiger partial charge >= 0.3 is 0 Å². The summed E-state index contributed by atoms with van der Waals surface area (Å²) in [7, 11) is 0. The van der Waals surface area contributed by atoms with Gasteiger partial charge in [0.25, 0.3) is 0 Å². The number of fused-ring (bicyclic) bond motifs is 3. The second-order valence-corrected chi connectivity index (χ2v) is 5.99. The number of nitrogen functional groups attached to an aromatic ring is 1. The van der Waals surface area contributed by atoms with Crippen LogP contribution in [0.4, 0.5) is 0 Å². The van der Waals surface area contributed by atoms with Crippen molar-refractivity contribution >= 4 is 21.6 Å². The molecule has 0 saturated heterocycles. The number of hydrogen-bond acceptors (Lipinski definition) is 5. The van der Waals surface area contributed by atoms with Gasteiger partial charge in [-0.1, -0.05) is 0 Å². The summed E-state index contributed by atoms with van der Waals surface area (Å²) in [5.74, 6) is 5.66. The average molecular weight is 250 g/mol. The van der Waals surface area contributed by atoms with Crippen LogP contribution in [0.1, 0.15) is 24.3 Å². The Bertz CT molecular complexity index is 655. The molecule has 0 fully saturated rings. The van der Waals surface area contributed by atoms with Crippen LogP contribution in [0.3, 0.4) is 0 Å². The molecule has 5 nitrogen and oxygen atoms in total. The smallest absolute Gasteiger partial charge is 0.155 e. The topological polar surface area (TPSA) is 76.9 Å². The maximum Gasteiger partial charge on any atom is 0.155 e. The lowest BCUT2D eigenvalue weighted by molar-refractivity contribution is -0.0383. The van der Waals surface area contributed by atoms with Gasteiger partial charge in [0.15, 0.2) is 5.49 Å². The molecule has 0 aliphatic carbocycles. The van der Waals surface area contributed by atoms with E-state index in [1.807, 2.05) is 0 Å². The van der Waals surface area contributed by atoms with Gasteiger partial charge in [-0.3, -0.25) is 5.41 Å². The minimum absolute atomic E-state index is 0.130. The first-order chi connectivity index (χ1) is 7.98. The summed E-state index contributed by atoms with van der Waals surface area (Å²) in [6.45, 7) is 4.71. The SMILES string of the molecule is CC1(C)Cc2sc3ncn(N)c(=N)c3c2CO1. The molecule has 3 rings (SSSR count). The van der Waals surface area contributed by atoms with Crippen LogP contribution in [0.5, 0.6) is 0 Å². The molecule has 3 heterocycles. The number of hydrogen-bond donors (Lipinski definition) is 2. The van der Waals surface area contributed by atoms with Gasteiger partial charge in [-0.15, -0.1) is 11.3 Å². The number of nitrogens with one attached hydrogen (secondary N) is 1. The van der Waals surface area contributed by atoms with Crippen molar-refractivity contribution in [2.24, 2.45) is 0 Å². The Morgan fingerprint density at radius 1 is 1.59 bits per heavy atom. The summed E-state index contributed by atoms with van der Waals surface area (Å²) in [5.41, 5.74) is 1.26. The molecule has 90 valence electrons. The summed E-state index contributed by atoms with van der Waals surface area (Å²) in [6.07, 6.45) is 2.35. The molecule has 0 spiro atoms. The number of rotatable bonds is 0. The van der Waals surface area contributed by atoms with Crippen LogP contribution in [0.2, 0.25) is 0 Å². The molecule has 2 aromatic heterocycles. The highest BCUT2D eigenvalue weighted by Gasteiger charge is 2.29. The van der Waals surface area contributed by atoms with E-state index in [1.54, 1.807) is 11.3 Å². The second-order valence-electron chi connectivity index (χ2n) is 4.91. The highest BCUT2D eigenvalue weighted by atomic mass is 32.1. The zero-order chi connectivity index (χ0) is 12.2. The van der Waals surface area contributed by atoms with Crippen molar-refractivity contribution in [3.05, 3.63) is 22.3 Å². The minimum atomic E-state index is -0.130. The summed E-state index contributed by atoms with van der Waals surface area (Å²) >= 11 is 1.64. The van der Waals surface area contributed by atoms with Crippen LogP contribution < -0.4 is 11.3 Å². The number of thiophene rings is 1. The Hall–Kier alpha value is -1.40. The summed E-state index contributed by atoms with van der Waals surface area (Å²) < 4.78 is 7.04. The quantitative estimate of drug-likeness (QED) is 0.688. The molecule has 17 heavy (non-hydrogen) atoms. The van der Waals surface area contributed by atoms with E-state index in [1.165, 1.54) is 15.9 Å². The predicted octanol–water partition coefficient (Wildman–Crippen LogP) is 1.14. The lowest BCUT2D eigenvalue weighted by Gasteiger charge is -2.29. The predicted molar refractivity (Wildman–Crippen MR) is 66.2 cm³/mol. The molecule has 1 aliphatic heterocycles. The standard InChI is InChI=1S/C11H14N4OS/c1-11(2)3-7-6(4-16-11)8-9(12)15(13)5-14-10(8)17-7/h5,12H,3-4,13H2,1-2H3. The fraction of sp³-hybridized carbons (Fsp3) is 0.455. The van der Waals surface area contributed by atoms with Crippen LogP contribution in [0.25, 0.3) is 10.2 Å².